The molecule has 0 saturated carbocycles. The molecule has 0 spiro atoms. The Morgan fingerprint density at radius 1 is 1.47 bits per heavy atom. The van der Waals surface area contributed by atoms with Crippen LogP contribution in [0.25, 0.3) is 0 Å². The van der Waals surface area contributed by atoms with Gasteiger partial charge in [0.25, 0.3) is 0 Å². The van der Waals surface area contributed by atoms with Gasteiger partial charge in [0.1, 0.15) is 12.1 Å². The van der Waals surface area contributed by atoms with Crippen LogP contribution in [-0.4, -0.2) is 42.2 Å². The summed E-state index contributed by atoms with van der Waals surface area (Å²) in [6, 6.07) is 0. The van der Waals surface area contributed by atoms with Crippen molar-refractivity contribution in [3.05, 3.63) is 17.4 Å². The average Bonchev–Trinajstić information content (AvgIpc) is 2.88. The second kappa shape index (κ2) is 4.65. The summed E-state index contributed by atoms with van der Waals surface area (Å²) in [5.41, 5.74) is 1.27. The quantitative estimate of drug-likeness (QED) is 0.751. The van der Waals surface area contributed by atoms with E-state index in [2.05, 4.69) is 25.8 Å². The predicted molar refractivity (Wildman–Crippen MR) is 55.5 cm³/mol. The van der Waals surface area contributed by atoms with Gasteiger partial charge in [-0.05, 0) is 0 Å². The average molecular weight is 254 g/mol. The van der Waals surface area contributed by atoms with Gasteiger partial charge in [0, 0.05) is 0 Å². The van der Waals surface area contributed by atoms with E-state index in [4.69, 9.17) is 5.11 Å². The van der Waals surface area contributed by atoms with E-state index in [1.807, 2.05) is 0 Å². The Morgan fingerprint density at radius 3 is 2.88 bits per heavy atom. The molecule has 2 aromatic rings. The van der Waals surface area contributed by atoms with Crippen LogP contribution in [-0.2, 0) is 11.3 Å². The summed E-state index contributed by atoms with van der Waals surface area (Å²) in [7, 11) is 0. The first kappa shape index (κ1) is 11.1. The van der Waals surface area contributed by atoms with E-state index in [-0.39, 0.29) is 18.1 Å². The second-order valence-electron chi connectivity index (χ2n) is 2.90. The molecule has 0 fully saturated rings. The molecule has 17 heavy (non-hydrogen) atoms. The topological polar surface area (TPSA) is 123 Å². The van der Waals surface area contributed by atoms with E-state index >= 15 is 0 Å². The van der Waals surface area contributed by atoms with Crippen molar-refractivity contribution in [2.24, 2.45) is 0 Å². The highest BCUT2D eigenvalue weighted by atomic mass is 32.1. The lowest BCUT2D eigenvalue weighted by Crippen LogP contribution is -2.19. The molecule has 88 valence electrons. The van der Waals surface area contributed by atoms with Crippen molar-refractivity contribution in [2.45, 2.75) is 6.54 Å². The Hall–Kier alpha value is -2.36. The largest absolute Gasteiger partial charge is 0.476 e. The summed E-state index contributed by atoms with van der Waals surface area (Å²) in [6.45, 7) is -0.139. The third kappa shape index (κ3) is 2.81. The van der Waals surface area contributed by atoms with E-state index in [1.54, 1.807) is 0 Å². The third-order valence-corrected chi connectivity index (χ3v) is 2.28. The van der Waals surface area contributed by atoms with Gasteiger partial charge in [-0.25, -0.2) is 9.48 Å². The molecule has 0 aliphatic heterocycles. The van der Waals surface area contributed by atoms with Gasteiger partial charge in [-0.1, -0.05) is 16.6 Å². The minimum Gasteiger partial charge on any atom is -0.476 e. The normalized spacial score (nSPS) is 10.1. The van der Waals surface area contributed by atoms with Crippen LogP contribution in [0.1, 0.15) is 10.5 Å². The fourth-order valence-electron chi connectivity index (χ4n) is 1.01. The van der Waals surface area contributed by atoms with Crippen LogP contribution in [0.5, 0.6) is 0 Å². The molecule has 2 N–H and O–H groups in total. The molecule has 0 aromatic carbocycles. The number of hydrogen-bond donors (Lipinski definition) is 2. The number of aromatic carboxylic acids is 1. The van der Waals surface area contributed by atoms with Gasteiger partial charge in [0.05, 0.1) is 6.20 Å². The van der Waals surface area contributed by atoms with Gasteiger partial charge < -0.3 is 5.11 Å². The lowest BCUT2D eigenvalue weighted by Gasteiger charge is -1.99. The SMILES string of the molecule is O=C(Cn1cc(C(=O)O)nn1)Nc1nncs1. The first-order valence-electron chi connectivity index (χ1n) is 4.34. The number of rotatable bonds is 4. The van der Waals surface area contributed by atoms with Crippen LogP contribution in [0.3, 0.4) is 0 Å². The van der Waals surface area contributed by atoms with Crippen LogP contribution < -0.4 is 5.32 Å². The molecule has 2 rings (SSSR count). The highest BCUT2D eigenvalue weighted by Gasteiger charge is 2.11. The number of hydrogen-bond acceptors (Lipinski definition) is 7. The number of amides is 1. The molecule has 0 atom stereocenters. The Bertz CT molecular complexity index is 536. The van der Waals surface area contributed by atoms with Crippen molar-refractivity contribution in [3.8, 4) is 0 Å². The Balaban J connectivity index is 1.96. The van der Waals surface area contributed by atoms with Crippen LogP contribution >= 0.6 is 11.3 Å². The van der Waals surface area contributed by atoms with E-state index in [0.717, 1.165) is 4.68 Å². The first-order chi connectivity index (χ1) is 8.15. The number of nitrogens with one attached hydrogen (secondary N) is 1. The number of anilines is 1. The molecular formula is C7H6N6O3S. The number of carbonyl (C=O) groups excluding carboxylic acids is 1. The zero-order valence-corrected chi connectivity index (χ0v) is 9.09. The smallest absolute Gasteiger partial charge is 0.358 e. The molecule has 2 heterocycles. The number of carboxylic acids is 1. The molecule has 0 bridgehead atoms. The van der Waals surface area contributed by atoms with Crippen molar-refractivity contribution < 1.29 is 14.7 Å². The van der Waals surface area contributed by atoms with Crippen LogP contribution in [0.4, 0.5) is 5.13 Å². The maximum Gasteiger partial charge on any atom is 0.358 e. The summed E-state index contributed by atoms with van der Waals surface area (Å²) < 4.78 is 1.12. The lowest BCUT2D eigenvalue weighted by atomic mass is 10.5. The van der Waals surface area contributed by atoms with Crippen molar-refractivity contribution in [3.63, 3.8) is 0 Å². The monoisotopic (exact) mass is 254 g/mol. The summed E-state index contributed by atoms with van der Waals surface area (Å²) in [4.78, 5) is 22.0. The minimum atomic E-state index is -1.19. The van der Waals surface area contributed by atoms with Crippen LogP contribution in [0, 0.1) is 0 Å². The second-order valence-corrected chi connectivity index (χ2v) is 3.73. The molecule has 0 unspecified atom stereocenters. The molecule has 2 aromatic heterocycles. The molecule has 0 saturated heterocycles. The van der Waals surface area contributed by atoms with Crippen molar-refractivity contribution >= 4 is 28.3 Å². The molecule has 0 aliphatic carbocycles. The first-order valence-corrected chi connectivity index (χ1v) is 5.22. The van der Waals surface area contributed by atoms with Crippen LogP contribution in [0.2, 0.25) is 0 Å². The lowest BCUT2D eigenvalue weighted by molar-refractivity contribution is -0.116. The Morgan fingerprint density at radius 2 is 2.29 bits per heavy atom. The maximum atomic E-state index is 11.5. The summed E-state index contributed by atoms with van der Waals surface area (Å²) in [5, 5.41) is 25.5. The van der Waals surface area contributed by atoms with Gasteiger partial charge in [0.2, 0.25) is 11.0 Å². The predicted octanol–water partition coefficient (Wildman–Crippen LogP) is -0.534. The zero-order chi connectivity index (χ0) is 12.3. The molecule has 1 amide bonds. The Kier molecular flexibility index (Phi) is 3.05. The zero-order valence-electron chi connectivity index (χ0n) is 8.27. The number of carbonyl (C=O) groups is 2. The third-order valence-electron chi connectivity index (χ3n) is 1.67. The number of carboxylic acid groups (broad SMARTS) is 1. The number of aromatic nitrogens is 5. The van der Waals surface area contributed by atoms with E-state index < -0.39 is 5.97 Å². The van der Waals surface area contributed by atoms with Crippen molar-refractivity contribution in [1.82, 2.24) is 25.2 Å². The molecule has 0 radical (unpaired) electrons. The highest BCUT2D eigenvalue weighted by Crippen LogP contribution is 2.07. The van der Waals surface area contributed by atoms with E-state index in [1.165, 1.54) is 23.0 Å². The Labute approximate surface area is 98.1 Å². The minimum absolute atomic E-state index is 0.139. The van der Waals surface area contributed by atoms with Gasteiger partial charge in [-0.2, -0.15) is 0 Å². The van der Waals surface area contributed by atoms with E-state index in [0.29, 0.717) is 5.13 Å². The van der Waals surface area contributed by atoms with E-state index in [9.17, 15) is 9.59 Å². The summed E-state index contributed by atoms with van der Waals surface area (Å²) >= 11 is 1.18. The number of nitrogens with zero attached hydrogens (tertiary/aromatic N) is 5. The standard InChI is InChI=1S/C7H6N6O3S/c14-5(9-7-11-8-3-17-7)2-13-1-4(6(15)16)10-12-13/h1,3H,2H2,(H,15,16)(H,9,11,14). The maximum absolute atomic E-state index is 11.5. The van der Waals surface area contributed by atoms with Gasteiger partial charge >= 0.3 is 5.97 Å². The molecule has 10 heteroatoms. The van der Waals surface area contributed by atoms with Gasteiger partial charge in [-0.3, -0.25) is 10.1 Å². The fraction of sp³-hybridized carbons (Fsp3) is 0.143. The summed E-state index contributed by atoms with van der Waals surface area (Å²) in [6.07, 6.45) is 1.17. The van der Waals surface area contributed by atoms with Crippen LogP contribution in [0.15, 0.2) is 11.7 Å². The van der Waals surface area contributed by atoms with Gasteiger partial charge in [-0.15, -0.1) is 15.3 Å². The molecular weight excluding hydrogens is 248 g/mol. The highest BCUT2D eigenvalue weighted by molar-refractivity contribution is 7.13. The molecule has 0 aliphatic rings. The fourth-order valence-corrected chi connectivity index (χ4v) is 1.47. The van der Waals surface area contributed by atoms with Crippen molar-refractivity contribution in [2.75, 3.05) is 5.32 Å². The van der Waals surface area contributed by atoms with Gasteiger partial charge in [0.15, 0.2) is 5.69 Å². The molecule has 9 nitrogen and oxygen atoms in total. The summed E-state index contributed by atoms with van der Waals surface area (Å²) in [5.74, 6) is -1.58. The van der Waals surface area contributed by atoms with Crippen molar-refractivity contribution in [1.29, 1.82) is 0 Å².